The molecule has 0 aromatic carbocycles. The van der Waals surface area contributed by atoms with Crippen molar-refractivity contribution in [2.75, 3.05) is 6.54 Å². The van der Waals surface area contributed by atoms with Crippen LogP contribution in [0.5, 0.6) is 0 Å². The number of rotatable bonds is 3. The van der Waals surface area contributed by atoms with Gasteiger partial charge in [0, 0.05) is 0 Å². The topological polar surface area (TPSA) is 43.1 Å². The van der Waals surface area contributed by atoms with E-state index in [1.807, 2.05) is 0 Å². The fourth-order valence-electron chi connectivity index (χ4n) is 0.420. The van der Waals surface area contributed by atoms with Gasteiger partial charge >= 0.3 is 12.1 Å². The number of alkyl halides is 5. The van der Waals surface area contributed by atoms with Gasteiger partial charge in [0.05, 0.1) is 13.0 Å². The van der Waals surface area contributed by atoms with E-state index in [1.165, 1.54) is 0 Å². The zero-order valence-corrected chi connectivity index (χ0v) is 5.79. The molecule has 0 heterocycles. The fraction of sp³-hybridized carbons (Fsp3) is 0.800. The second kappa shape index (κ2) is 3.34. The van der Waals surface area contributed by atoms with Crippen LogP contribution in [0.4, 0.5) is 22.0 Å². The molecule has 2 N–H and O–H groups in total. The van der Waals surface area contributed by atoms with Crippen molar-refractivity contribution in [3.63, 3.8) is 0 Å². The van der Waals surface area contributed by atoms with Crippen LogP contribution in [0.3, 0.4) is 0 Å². The molecule has 0 saturated carbocycles. The SMILES string of the molecule is NCC(=O)CC(F)(F)C(F)(F)F. The zero-order valence-electron chi connectivity index (χ0n) is 5.79. The van der Waals surface area contributed by atoms with Crippen molar-refractivity contribution >= 4 is 5.78 Å². The molecular formula is C5H6F5NO. The van der Waals surface area contributed by atoms with Gasteiger partial charge in [-0.15, -0.1) is 0 Å². The molecule has 0 aliphatic rings. The van der Waals surface area contributed by atoms with Gasteiger partial charge in [-0.2, -0.15) is 22.0 Å². The molecule has 0 amide bonds. The van der Waals surface area contributed by atoms with Crippen LogP contribution in [-0.2, 0) is 4.79 Å². The van der Waals surface area contributed by atoms with Gasteiger partial charge in [-0.25, -0.2) is 0 Å². The molecule has 0 aliphatic heterocycles. The summed E-state index contributed by atoms with van der Waals surface area (Å²) in [6.45, 7) is -0.814. The third-order valence-corrected chi connectivity index (χ3v) is 1.06. The Morgan fingerprint density at radius 3 is 1.83 bits per heavy atom. The van der Waals surface area contributed by atoms with Crippen LogP contribution in [0.15, 0.2) is 0 Å². The lowest BCUT2D eigenvalue weighted by Crippen LogP contribution is -2.39. The number of nitrogens with two attached hydrogens (primary N) is 1. The van der Waals surface area contributed by atoms with Gasteiger partial charge in [-0.3, -0.25) is 4.79 Å². The predicted octanol–water partition coefficient (Wildman–Crippen LogP) is 1.10. The number of Topliss-reactive ketones (excluding diaryl/α,β-unsaturated/α-hetero) is 1. The Morgan fingerprint density at radius 2 is 1.58 bits per heavy atom. The van der Waals surface area contributed by atoms with E-state index in [1.54, 1.807) is 0 Å². The van der Waals surface area contributed by atoms with Gasteiger partial charge < -0.3 is 5.73 Å². The molecule has 0 bridgehead atoms. The van der Waals surface area contributed by atoms with Gasteiger partial charge in [-0.1, -0.05) is 0 Å². The van der Waals surface area contributed by atoms with Crippen LogP contribution >= 0.6 is 0 Å². The number of hydrogen-bond acceptors (Lipinski definition) is 2. The smallest absolute Gasteiger partial charge is 0.324 e. The first-order valence-corrected chi connectivity index (χ1v) is 2.87. The summed E-state index contributed by atoms with van der Waals surface area (Å²) in [7, 11) is 0. The Balaban J connectivity index is 4.33. The van der Waals surface area contributed by atoms with Gasteiger partial charge in [0.1, 0.15) is 0 Å². The zero-order chi connectivity index (χ0) is 9.99. The van der Waals surface area contributed by atoms with Crippen molar-refractivity contribution in [3.05, 3.63) is 0 Å². The van der Waals surface area contributed by atoms with Gasteiger partial charge in [0.15, 0.2) is 5.78 Å². The standard InChI is InChI=1S/C5H6F5NO/c6-4(7,5(8,9)10)1-3(12)2-11/h1-2,11H2. The summed E-state index contributed by atoms with van der Waals surface area (Å²) in [4.78, 5) is 10.2. The molecule has 0 aromatic rings. The molecule has 0 saturated heterocycles. The average Bonchev–Trinajstić information content (AvgIpc) is 1.84. The number of halogens is 5. The number of carbonyl (C=O) groups is 1. The molecule has 7 heteroatoms. The van der Waals surface area contributed by atoms with Crippen molar-refractivity contribution < 1.29 is 26.7 Å². The van der Waals surface area contributed by atoms with E-state index in [0.717, 1.165) is 0 Å². The van der Waals surface area contributed by atoms with E-state index in [0.29, 0.717) is 0 Å². The molecule has 0 radical (unpaired) electrons. The molecule has 12 heavy (non-hydrogen) atoms. The van der Waals surface area contributed by atoms with Crippen LogP contribution in [-0.4, -0.2) is 24.4 Å². The number of hydrogen-bond donors (Lipinski definition) is 1. The normalized spacial score (nSPS) is 13.2. The maximum Gasteiger partial charge on any atom is 0.453 e. The maximum absolute atomic E-state index is 12.0. The lowest BCUT2D eigenvalue weighted by atomic mass is 10.1. The van der Waals surface area contributed by atoms with E-state index in [4.69, 9.17) is 0 Å². The van der Waals surface area contributed by atoms with Gasteiger partial charge in [0.2, 0.25) is 0 Å². The third-order valence-electron chi connectivity index (χ3n) is 1.06. The number of carbonyl (C=O) groups excluding carboxylic acids is 1. The fourth-order valence-corrected chi connectivity index (χ4v) is 0.420. The summed E-state index contributed by atoms with van der Waals surface area (Å²) in [6, 6.07) is 0. The highest BCUT2D eigenvalue weighted by molar-refractivity contribution is 5.81. The summed E-state index contributed by atoms with van der Waals surface area (Å²) >= 11 is 0. The molecule has 72 valence electrons. The Labute approximate surface area is 64.5 Å². The van der Waals surface area contributed by atoms with Gasteiger partial charge in [-0.05, 0) is 0 Å². The Morgan fingerprint density at radius 1 is 1.17 bits per heavy atom. The molecule has 0 rings (SSSR count). The Kier molecular flexibility index (Phi) is 3.14. The largest absolute Gasteiger partial charge is 0.453 e. The van der Waals surface area contributed by atoms with E-state index in [2.05, 4.69) is 5.73 Å². The van der Waals surface area contributed by atoms with Crippen molar-refractivity contribution in [1.82, 2.24) is 0 Å². The Hall–Kier alpha value is -0.720. The van der Waals surface area contributed by atoms with Crippen LogP contribution in [0, 0.1) is 0 Å². The van der Waals surface area contributed by atoms with Crippen LogP contribution < -0.4 is 5.73 Å². The first-order valence-electron chi connectivity index (χ1n) is 2.87. The molecule has 0 aromatic heterocycles. The van der Waals surface area contributed by atoms with E-state index >= 15 is 0 Å². The summed E-state index contributed by atoms with van der Waals surface area (Å²) in [5.41, 5.74) is 4.57. The van der Waals surface area contributed by atoms with Crippen LogP contribution in [0.25, 0.3) is 0 Å². The average molecular weight is 191 g/mol. The van der Waals surface area contributed by atoms with Crippen molar-refractivity contribution in [3.8, 4) is 0 Å². The van der Waals surface area contributed by atoms with E-state index in [-0.39, 0.29) is 0 Å². The second-order valence-corrected chi connectivity index (χ2v) is 2.12. The van der Waals surface area contributed by atoms with E-state index < -0.39 is 30.8 Å². The Bertz CT molecular complexity index is 175. The summed E-state index contributed by atoms with van der Waals surface area (Å²) < 4.78 is 58.1. The third kappa shape index (κ3) is 2.72. The van der Waals surface area contributed by atoms with Gasteiger partial charge in [0.25, 0.3) is 0 Å². The molecule has 0 atom stereocenters. The molecule has 0 aliphatic carbocycles. The van der Waals surface area contributed by atoms with Crippen LogP contribution in [0.2, 0.25) is 0 Å². The summed E-state index contributed by atoms with van der Waals surface area (Å²) in [5, 5.41) is 0. The quantitative estimate of drug-likeness (QED) is 0.679. The first-order chi connectivity index (χ1) is 5.20. The monoisotopic (exact) mass is 191 g/mol. The molecular weight excluding hydrogens is 185 g/mol. The van der Waals surface area contributed by atoms with E-state index in [9.17, 15) is 26.7 Å². The van der Waals surface area contributed by atoms with Crippen molar-refractivity contribution in [2.45, 2.75) is 18.5 Å². The minimum absolute atomic E-state index is 0.814. The molecule has 0 fully saturated rings. The van der Waals surface area contributed by atoms with Crippen molar-refractivity contribution in [2.24, 2.45) is 5.73 Å². The lowest BCUT2D eigenvalue weighted by Gasteiger charge is -2.17. The highest BCUT2D eigenvalue weighted by Gasteiger charge is 2.57. The highest BCUT2D eigenvalue weighted by atomic mass is 19.4. The summed E-state index contributed by atoms with van der Waals surface area (Å²) in [6.07, 6.45) is -7.56. The molecule has 0 spiro atoms. The summed E-state index contributed by atoms with van der Waals surface area (Å²) in [5.74, 6) is -6.29. The minimum atomic E-state index is -5.68. The second-order valence-electron chi connectivity index (χ2n) is 2.12. The molecule has 0 unspecified atom stereocenters. The highest BCUT2D eigenvalue weighted by Crippen LogP contribution is 2.37. The predicted molar refractivity (Wildman–Crippen MR) is 29.7 cm³/mol. The van der Waals surface area contributed by atoms with Crippen LogP contribution in [0.1, 0.15) is 6.42 Å². The number of ketones is 1. The maximum atomic E-state index is 12.0. The first kappa shape index (κ1) is 11.3. The van der Waals surface area contributed by atoms with Crippen molar-refractivity contribution in [1.29, 1.82) is 0 Å². The molecule has 2 nitrogen and oxygen atoms in total. The lowest BCUT2D eigenvalue weighted by molar-refractivity contribution is -0.281. The minimum Gasteiger partial charge on any atom is -0.324 e.